The molecule has 2 aromatic carbocycles. The molecular formula is C26H30N4O5. The molecule has 0 aliphatic carbocycles. The van der Waals surface area contributed by atoms with Crippen LogP contribution in [0.25, 0.3) is 0 Å². The van der Waals surface area contributed by atoms with Crippen molar-refractivity contribution in [3.8, 4) is 0 Å². The highest BCUT2D eigenvalue weighted by Gasteiger charge is 2.36. The van der Waals surface area contributed by atoms with E-state index >= 15 is 0 Å². The maximum absolute atomic E-state index is 13.2. The average Bonchev–Trinajstić information content (AvgIpc) is 3.26. The predicted molar refractivity (Wildman–Crippen MR) is 131 cm³/mol. The fourth-order valence-electron chi connectivity index (χ4n) is 4.47. The SMILES string of the molecule is CCOC(=O)N1CCN(C(=O)c2ccccc2NC(=O)C2CC(=O)N(c3ccccc3C)C2)CC1. The summed E-state index contributed by atoms with van der Waals surface area (Å²) in [6.45, 7) is 5.82. The fraction of sp³-hybridized carbons (Fsp3) is 0.385. The second-order valence-corrected chi connectivity index (χ2v) is 8.70. The molecule has 0 spiro atoms. The first-order valence-corrected chi connectivity index (χ1v) is 11.9. The molecule has 35 heavy (non-hydrogen) atoms. The summed E-state index contributed by atoms with van der Waals surface area (Å²) in [6.07, 6.45) is -0.260. The second-order valence-electron chi connectivity index (χ2n) is 8.70. The number of anilines is 2. The molecule has 2 aliphatic heterocycles. The summed E-state index contributed by atoms with van der Waals surface area (Å²) in [5.74, 6) is -1.11. The first-order chi connectivity index (χ1) is 16.9. The number of benzene rings is 2. The van der Waals surface area contributed by atoms with Crippen LogP contribution in [0, 0.1) is 12.8 Å². The van der Waals surface area contributed by atoms with Crippen molar-refractivity contribution < 1.29 is 23.9 Å². The molecule has 9 heteroatoms. The lowest BCUT2D eigenvalue weighted by Gasteiger charge is -2.34. The summed E-state index contributed by atoms with van der Waals surface area (Å²) < 4.78 is 5.03. The monoisotopic (exact) mass is 478 g/mol. The number of aryl methyl sites for hydroxylation is 1. The average molecular weight is 479 g/mol. The van der Waals surface area contributed by atoms with Gasteiger partial charge < -0.3 is 24.8 Å². The lowest BCUT2D eigenvalue weighted by atomic mass is 10.1. The topological polar surface area (TPSA) is 99.3 Å². The van der Waals surface area contributed by atoms with Gasteiger partial charge in [0.2, 0.25) is 11.8 Å². The number of hydrogen-bond acceptors (Lipinski definition) is 5. The van der Waals surface area contributed by atoms with E-state index in [1.807, 2.05) is 31.2 Å². The number of para-hydroxylation sites is 2. The van der Waals surface area contributed by atoms with Crippen molar-refractivity contribution in [2.45, 2.75) is 20.3 Å². The zero-order chi connectivity index (χ0) is 24.9. The van der Waals surface area contributed by atoms with Gasteiger partial charge in [-0.3, -0.25) is 14.4 Å². The molecule has 0 aromatic heterocycles. The van der Waals surface area contributed by atoms with Gasteiger partial charge in [-0.15, -0.1) is 0 Å². The van der Waals surface area contributed by atoms with E-state index in [9.17, 15) is 19.2 Å². The molecule has 2 aromatic rings. The van der Waals surface area contributed by atoms with Crippen LogP contribution in [0.5, 0.6) is 0 Å². The van der Waals surface area contributed by atoms with Crippen LogP contribution in [0.15, 0.2) is 48.5 Å². The Kier molecular flexibility index (Phi) is 7.33. The van der Waals surface area contributed by atoms with Gasteiger partial charge in [0.1, 0.15) is 0 Å². The summed E-state index contributed by atoms with van der Waals surface area (Å²) in [7, 11) is 0. The third kappa shape index (κ3) is 5.29. The number of carbonyl (C=O) groups is 4. The van der Waals surface area contributed by atoms with Crippen LogP contribution in [0.1, 0.15) is 29.3 Å². The summed E-state index contributed by atoms with van der Waals surface area (Å²) in [6, 6.07) is 14.5. The minimum Gasteiger partial charge on any atom is -0.450 e. The first-order valence-electron chi connectivity index (χ1n) is 11.9. The van der Waals surface area contributed by atoms with Crippen LogP contribution in [0.2, 0.25) is 0 Å². The normalized spacial score (nSPS) is 17.9. The minimum atomic E-state index is -0.515. The van der Waals surface area contributed by atoms with Gasteiger partial charge in [0.05, 0.1) is 23.8 Å². The van der Waals surface area contributed by atoms with Crippen molar-refractivity contribution in [1.29, 1.82) is 0 Å². The Balaban J connectivity index is 1.41. The third-order valence-electron chi connectivity index (χ3n) is 6.41. The quantitative estimate of drug-likeness (QED) is 0.713. The maximum atomic E-state index is 13.2. The Bertz CT molecular complexity index is 1130. The van der Waals surface area contributed by atoms with Crippen molar-refractivity contribution in [3.63, 3.8) is 0 Å². The van der Waals surface area contributed by atoms with Gasteiger partial charge in [-0.25, -0.2) is 4.79 Å². The van der Waals surface area contributed by atoms with Gasteiger partial charge >= 0.3 is 6.09 Å². The number of carbonyl (C=O) groups excluding carboxylic acids is 4. The van der Waals surface area contributed by atoms with Crippen molar-refractivity contribution in [3.05, 3.63) is 59.7 Å². The zero-order valence-electron chi connectivity index (χ0n) is 20.0. The smallest absolute Gasteiger partial charge is 0.409 e. The minimum absolute atomic E-state index is 0.0942. The molecule has 2 heterocycles. The highest BCUT2D eigenvalue weighted by atomic mass is 16.6. The fourth-order valence-corrected chi connectivity index (χ4v) is 4.47. The zero-order valence-corrected chi connectivity index (χ0v) is 20.0. The van der Waals surface area contributed by atoms with Gasteiger partial charge in [-0.05, 0) is 37.6 Å². The van der Waals surface area contributed by atoms with E-state index in [4.69, 9.17) is 4.74 Å². The van der Waals surface area contributed by atoms with E-state index in [1.165, 1.54) is 0 Å². The number of nitrogens with one attached hydrogen (secondary N) is 1. The summed E-state index contributed by atoms with van der Waals surface area (Å²) in [4.78, 5) is 55.8. The largest absolute Gasteiger partial charge is 0.450 e. The van der Waals surface area contributed by atoms with E-state index in [0.717, 1.165) is 11.3 Å². The molecule has 1 atom stereocenters. The number of piperazine rings is 1. The summed E-state index contributed by atoms with van der Waals surface area (Å²) in [5, 5.41) is 2.87. The van der Waals surface area contributed by atoms with Crippen LogP contribution in [-0.4, -0.2) is 72.9 Å². The molecule has 2 saturated heterocycles. The second kappa shape index (κ2) is 10.6. The van der Waals surface area contributed by atoms with Gasteiger partial charge in [0, 0.05) is 44.8 Å². The van der Waals surface area contributed by atoms with E-state index in [2.05, 4.69) is 5.32 Å². The van der Waals surface area contributed by atoms with E-state index < -0.39 is 5.92 Å². The highest BCUT2D eigenvalue weighted by molar-refractivity contribution is 6.07. The van der Waals surface area contributed by atoms with Gasteiger partial charge in [-0.1, -0.05) is 30.3 Å². The lowest BCUT2D eigenvalue weighted by Crippen LogP contribution is -2.50. The van der Waals surface area contributed by atoms with Crippen molar-refractivity contribution in [2.75, 3.05) is 49.5 Å². The Morgan fingerprint density at radius 1 is 0.971 bits per heavy atom. The van der Waals surface area contributed by atoms with E-state index in [0.29, 0.717) is 50.6 Å². The lowest BCUT2D eigenvalue weighted by molar-refractivity contribution is -0.122. The molecule has 4 rings (SSSR count). The summed E-state index contributed by atoms with van der Waals surface area (Å²) >= 11 is 0. The van der Waals surface area contributed by atoms with Crippen molar-refractivity contribution in [1.82, 2.24) is 9.80 Å². The number of hydrogen-bond donors (Lipinski definition) is 1. The van der Waals surface area contributed by atoms with E-state index in [-0.39, 0.29) is 30.2 Å². The molecule has 0 bridgehead atoms. The molecule has 0 radical (unpaired) electrons. The molecule has 4 amide bonds. The Morgan fingerprint density at radius 2 is 1.63 bits per heavy atom. The van der Waals surface area contributed by atoms with Gasteiger partial charge in [0.25, 0.3) is 5.91 Å². The Morgan fingerprint density at radius 3 is 2.34 bits per heavy atom. The van der Waals surface area contributed by atoms with Crippen molar-refractivity contribution in [2.24, 2.45) is 5.92 Å². The number of ether oxygens (including phenoxy) is 1. The van der Waals surface area contributed by atoms with Crippen LogP contribution in [0.4, 0.5) is 16.2 Å². The molecular weight excluding hydrogens is 448 g/mol. The van der Waals surface area contributed by atoms with Crippen molar-refractivity contribution >= 4 is 35.2 Å². The van der Waals surface area contributed by atoms with Crippen LogP contribution in [0.3, 0.4) is 0 Å². The molecule has 1 N–H and O–H groups in total. The Labute approximate surface area is 204 Å². The maximum Gasteiger partial charge on any atom is 0.409 e. The van der Waals surface area contributed by atoms with E-state index in [1.54, 1.807) is 45.9 Å². The standard InChI is InChI=1S/C26H30N4O5/c1-3-35-26(34)29-14-12-28(13-15-29)25(33)20-9-5-6-10-21(20)27-24(32)19-16-23(31)30(17-19)22-11-7-4-8-18(22)2/h4-11,19H,3,12-17H2,1-2H3,(H,27,32). The highest BCUT2D eigenvalue weighted by Crippen LogP contribution is 2.29. The molecule has 2 aliphatic rings. The number of nitrogens with zero attached hydrogens (tertiary/aromatic N) is 3. The first kappa shape index (κ1) is 24.3. The summed E-state index contributed by atoms with van der Waals surface area (Å²) in [5.41, 5.74) is 2.58. The molecule has 0 saturated carbocycles. The Hall–Kier alpha value is -3.88. The number of rotatable bonds is 5. The third-order valence-corrected chi connectivity index (χ3v) is 6.41. The van der Waals surface area contributed by atoms with Crippen LogP contribution < -0.4 is 10.2 Å². The molecule has 1 unspecified atom stereocenters. The van der Waals surface area contributed by atoms with Gasteiger partial charge in [0.15, 0.2) is 0 Å². The molecule has 184 valence electrons. The van der Waals surface area contributed by atoms with Crippen LogP contribution >= 0.6 is 0 Å². The molecule has 2 fully saturated rings. The predicted octanol–water partition coefficient (Wildman–Crippen LogP) is 2.90. The van der Waals surface area contributed by atoms with Gasteiger partial charge in [-0.2, -0.15) is 0 Å². The number of amides is 4. The van der Waals surface area contributed by atoms with Crippen LogP contribution in [-0.2, 0) is 14.3 Å². The molecule has 9 nitrogen and oxygen atoms in total.